The number of nitrogens with zero attached hydrogens (tertiary/aromatic N) is 4. The van der Waals surface area contributed by atoms with E-state index in [-0.39, 0.29) is 28.3 Å². The summed E-state index contributed by atoms with van der Waals surface area (Å²) >= 11 is 0. The summed E-state index contributed by atoms with van der Waals surface area (Å²) in [5, 5.41) is 26.6. The summed E-state index contributed by atoms with van der Waals surface area (Å²) in [6.07, 6.45) is 12.2. The van der Waals surface area contributed by atoms with Crippen molar-refractivity contribution in [1.82, 2.24) is 10.2 Å². The van der Waals surface area contributed by atoms with Gasteiger partial charge >= 0.3 is 5.96 Å². The summed E-state index contributed by atoms with van der Waals surface area (Å²) in [4.78, 5) is 12.7. The van der Waals surface area contributed by atoms with Crippen LogP contribution in [0.15, 0.2) is 34.3 Å². The van der Waals surface area contributed by atoms with Gasteiger partial charge in [0, 0.05) is 42.0 Å². The SMILES string of the molecule is CC(C)(C)c1cc(C=NC2CCCCC2N=Cc2cc(C(C)(C)C)cc(C(C)(C)C)c2O)c(O)c(CCCN2CCC[N+]3=C2NCCC3)c1. The monoisotopic (exact) mass is 671 g/mol. The maximum atomic E-state index is 11.6. The van der Waals surface area contributed by atoms with E-state index in [1.807, 2.05) is 12.4 Å². The number of aromatic hydroxyl groups is 2. The lowest BCUT2D eigenvalue weighted by molar-refractivity contribution is -0.544. The van der Waals surface area contributed by atoms with Crippen molar-refractivity contribution in [2.24, 2.45) is 9.98 Å². The Bertz CT molecular complexity index is 1560. The van der Waals surface area contributed by atoms with Crippen LogP contribution in [0.25, 0.3) is 0 Å². The molecule has 2 aromatic rings. The number of rotatable bonds is 8. The van der Waals surface area contributed by atoms with Gasteiger partial charge in [-0.1, -0.05) is 87.3 Å². The number of guanidine groups is 1. The van der Waals surface area contributed by atoms with E-state index in [1.165, 1.54) is 29.9 Å². The van der Waals surface area contributed by atoms with Gasteiger partial charge in [-0.15, -0.1) is 0 Å². The lowest BCUT2D eigenvalue weighted by Gasteiger charge is -2.30. The van der Waals surface area contributed by atoms with Crippen molar-refractivity contribution in [3.63, 3.8) is 0 Å². The van der Waals surface area contributed by atoms with Crippen LogP contribution in [0, 0.1) is 0 Å². The van der Waals surface area contributed by atoms with E-state index in [1.54, 1.807) is 0 Å². The predicted molar refractivity (Wildman–Crippen MR) is 206 cm³/mol. The van der Waals surface area contributed by atoms with Crippen molar-refractivity contribution in [3.05, 3.63) is 57.6 Å². The van der Waals surface area contributed by atoms with Crippen molar-refractivity contribution in [2.75, 3.05) is 32.7 Å². The largest absolute Gasteiger partial charge is 0.507 e. The molecule has 0 spiro atoms. The van der Waals surface area contributed by atoms with Gasteiger partial charge in [-0.2, -0.15) is 0 Å². The van der Waals surface area contributed by atoms with Gasteiger partial charge in [0.25, 0.3) is 0 Å². The van der Waals surface area contributed by atoms with Gasteiger partial charge in [-0.3, -0.25) is 24.8 Å². The Balaban J connectivity index is 1.36. The number of nitrogens with one attached hydrogen (secondary N) is 1. The van der Waals surface area contributed by atoms with Gasteiger partial charge in [-0.25, -0.2) is 0 Å². The van der Waals surface area contributed by atoms with E-state index in [0.29, 0.717) is 11.5 Å². The molecule has 0 aromatic heterocycles. The standard InChI is InChI=1S/C42H63N5O2/c1-40(2,3)32-23-29(15-12-19-46-21-14-22-47-20-13-18-43-39(46)47)37(48)30(24-32)27-44-35-16-10-11-17-36(35)45-28-31-25-33(41(4,5)6)26-34(38(31)49)42(7,8)9/h23-28,35-36H,10-22H2,1-9H3,(H2,44,45,48,49)/p+1. The first-order valence-electron chi connectivity index (χ1n) is 18.9. The van der Waals surface area contributed by atoms with Gasteiger partial charge in [0.2, 0.25) is 0 Å². The predicted octanol–water partition coefficient (Wildman–Crippen LogP) is 7.84. The molecule has 2 aromatic carbocycles. The van der Waals surface area contributed by atoms with Crippen LogP contribution in [-0.2, 0) is 22.7 Å². The van der Waals surface area contributed by atoms with Crippen molar-refractivity contribution in [1.29, 1.82) is 0 Å². The average molecular weight is 671 g/mol. The summed E-state index contributed by atoms with van der Waals surface area (Å²) in [7, 11) is 0. The highest BCUT2D eigenvalue weighted by Crippen LogP contribution is 2.38. The normalized spacial score (nSPS) is 21.0. The van der Waals surface area contributed by atoms with Crippen LogP contribution in [-0.4, -0.2) is 82.9 Å². The molecular formula is C42H64N5O2+. The Morgan fingerprint density at radius 1 is 0.755 bits per heavy atom. The second-order valence-electron chi connectivity index (χ2n) is 17.8. The quantitative estimate of drug-likeness (QED) is 0.198. The van der Waals surface area contributed by atoms with E-state index < -0.39 is 0 Å². The summed E-state index contributed by atoms with van der Waals surface area (Å²) in [5.41, 5.74) is 5.67. The van der Waals surface area contributed by atoms with Crippen LogP contribution in [0.3, 0.4) is 0 Å². The highest BCUT2D eigenvalue weighted by atomic mass is 16.3. The molecule has 0 bridgehead atoms. The topological polar surface area (TPSA) is 83.5 Å². The minimum Gasteiger partial charge on any atom is -0.507 e. The van der Waals surface area contributed by atoms with Gasteiger partial charge in [0.15, 0.2) is 0 Å². The smallest absolute Gasteiger partial charge is 0.348 e. The van der Waals surface area contributed by atoms with Gasteiger partial charge in [0.05, 0.1) is 44.8 Å². The molecule has 2 aliphatic heterocycles. The van der Waals surface area contributed by atoms with Crippen LogP contribution in [0.1, 0.15) is 141 Å². The number of benzene rings is 2. The molecule has 1 aliphatic carbocycles. The molecule has 268 valence electrons. The molecule has 7 heteroatoms. The number of aryl methyl sites for hydroxylation is 1. The maximum Gasteiger partial charge on any atom is 0.348 e. The zero-order chi connectivity index (χ0) is 35.6. The Morgan fingerprint density at radius 3 is 1.92 bits per heavy atom. The van der Waals surface area contributed by atoms with Crippen molar-refractivity contribution in [3.8, 4) is 11.5 Å². The molecule has 2 heterocycles. The van der Waals surface area contributed by atoms with E-state index >= 15 is 0 Å². The Hall–Kier alpha value is -3.35. The highest BCUT2D eigenvalue weighted by Gasteiger charge is 2.30. The minimum atomic E-state index is -0.186. The average Bonchev–Trinajstić information content (AvgIpc) is 3.03. The Labute approximate surface area is 296 Å². The fraction of sp³-hybridized carbons (Fsp3) is 0.643. The molecule has 5 rings (SSSR count). The minimum absolute atomic E-state index is 0.0307. The molecule has 2 atom stereocenters. The van der Waals surface area contributed by atoms with Gasteiger partial charge in [0.1, 0.15) is 11.5 Å². The molecule has 1 fully saturated rings. The third-order valence-electron chi connectivity index (χ3n) is 10.6. The van der Waals surface area contributed by atoms with Crippen LogP contribution in [0.2, 0.25) is 0 Å². The third kappa shape index (κ3) is 9.07. The van der Waals surface area contributed by atoms with Crippen molar-refractivity contribution < 1.29 is 14.8 Å². The number of hydrogen-bond acceptors (Lipinski definition) is 6. The van der Waals surface area contributed by atoms with Crippen LogP contribution < -0.4 is 5.32 Å². The Kier molecular flexibility index (Phi) is 11.2. The van der Waals surface area contributed by atoms with E-state index in [0.717, 1.165) is 93.5 Å². The number of hydrogen-bond donors (Lipinski definition) is 3. The molecule has 2 unspecified atom stereocenters. The molecule has 49 heavy (non-hydrogen) atoms. The molecule has 7 nitrogen and oxygen atoms in total. The molecule has 0 amide bonds. The van der Waals surface area contributed by atoms with Gasteiger partial charge in [-0.05, 0) is 70.8 Å². The lowest BCUT2D eigenvalue weighted by atomic mass is 9.79. The fourth-order valence-electron chi connectivity index (χ4n) is 7.45. The summed E-state index contributed by atoms with van der Waals surface area (Å²) in [6.45, 7) is 25.2. The zero-order valence-electron chi connectivity index (χ0n) is 32.0. The molecule has 0 radical (unpaired) electrons. The molecule has 3 N–H and O–H groups in total. The first kappa shape index (κ1) is 36.9. The number of phenolic OH excluding ortho intramolecular Hbond substituents is 2. The van der Waals surface area contributed by atoms with Crippen molar-refractivity contribution in [2.45, 2.75) is 142 Å². The summed E-state index contributed by atoms with van der Waals surface area (Å²) < 4.78 is 2.50. The van der Waals surface area contributed by atoms with E-state index in [2.05, 4.69) is 101 Å². The highest BCUT2D eigenvalue weighted by molar-refractivity contribution is 5.86. The van der Waals surface area contributed by atoms with Gasteiger partial charge < -0.3 is 10.2 Å². The Morgan fingerprint density at radius 2 is 1.33 bits per heavy atom. The van der Waals surface area contributed by atoms with E-state index in [9.17, 15) is 10.2 Å². The lowest BCUT2D eigenvalue weighted by Crippen LogP contribution is -2.55. The molecular weight excluding hydrogens is 606 g/mol. The fourth-order valence-corrected chi connectivity index (χ4v) is 7.45. The zero-order valence-corrected chi connectivity index (χ0v) is 32.0. The first-order valence-corrected chi connectivity index (χ1v) is 18.9. The second-order valence-corrected chi connectivity index (χ2v) is 17.8. The third-order valence-corrected chi connectivity index (χ3v) is 10.6. The number of phenols is 2. The number of aliphatic imine (C=N–C) groups is 2. The maximum absolute atomic E-state index is 11.6. The molecule has 0 saturated heterocycles. The van der Waals surface area contributed by atoms with Crippen molar-refractivity contribution >= 4 is 18.4 Å². The summed E-state index contributed by atoms with van der Waals surface area (Å²) in [6, 6.07) is 8.64. The van der Waals surface area contributed by atoms with E-state index in [4.69, 9.17) is 9.98 Å². The second kappa shape index (κ2) is 14.9. The summed E-state index contributed by atoms with van der Waals surface area (Å²) in [5.74, 6) is 1.98. The first-order chi connectivity index (χ1) is 23.0. The van der Waals surface area contributed by atoms with Crippen LogP contribution >= 0.6 is 0 Å². The van der Waals surface area contributed by atoms with Crippen LogP contribution in [0.4, 0.5) is 0 Å². The molecule has 3 aliphatic rings. The molecule has 1 saturated carbocycles. The van der Waals surface area contributed by atoms with Crippen LogP contribution in [0.5, 0.6) is 11.5 Å².